The number of nitrogens with zero attached hydrogens (tertiary/aromatic N) is 1. The summed E-state index contributed by atoms with van der Waals surface area (Å²) in [5.74, 6) is -0.0507. The van der Waals surface area contributed by atoms with Gasteiger partial charge in [0.2, 0.25) is 11.8 Å². The molecule has 0 aromatic carbocycles. The number of aliphatic hydroxyl groups excluding tert-OH is 1. The topological polar surface area (TPSA) is 57.6 Å². The molecule has 0 bridgehead atoms. The Kier molecular flexibility index (Phi) is 4.31. The lowest BCUT2D eigenvalue weighted by molar-refractivity contribution is -0.156. The molecule has 1 heterocycles. The van der Waals surface area contributed by atoms with Crippen LogP contribution in [-0.4, -0.2) is 34.5 Å². The SMILES string of the molecule is CC1CC(=O)N(C(CCO)C(C)(C)C)C(=O)C1. The van der Waals surface area contributed by atoms with Crippen molar-refractivity contribution in [1.29, 1.82) is 0 Å². The number of hydrogen-bond donors (Lipinski definition) is 1. The Morgan fingerprint density at radius 3 is 2.12 bits per heavy atom. The van der Waals surface area contributed by atoms with Crippen molar-refractivity contribution in [3.8, 4) is 0 Å². The fourth-order valence-electron chi connectivity index (χ4n) is 2.42. The second-order valence-corrected chi connectivity index (χ2v) is 6.07. The maximum atomic E-state index is 12.0. The fraction of sp³-hybridized carbons (Fsp3) is 0.846. The van der Waals surface area contributed by atoms with Gasteiger partial charge < -0.3 is 5.11 Å². The normalized spacial score (nSPS) is 20.9. The first-order valence-electron chi connectivity index (χ1n) is 6.23. The molecule has 1 aliphatic rings. The number of likely N-dealkylation sites (tertiary alicyclic amines) is 1. The van der Waals surface area contributed by atoms with E-state index < -0.39 is 0 Å². The van der Waals surface area contributed by atoms with Gasteiger partial charge in [-0.3, -0.25) is 14.5 Å². The van der Waals surface area contributed by atoms with Crippen molar-refractivity contribution in [2.75, 3.05) is 6.61 Å². The lowest BCUT2D eigenvalue weighted by atomic mass is 9.82. The molecule has 0 aromatic rings. The molecule has 17 heavy (non-hydrogen) atoms. The summed E-state index contributed by atoms with van der Waals surface area (Å²) in [6.45, 7) is 7.89. The lowest BCUT2D eigenvalue weighted by Crippen LogP contribution is -2.53. The number of carbonyl (C=O) groups excluding carboxylic acids is 2. The van der Waals surface area contributed by atoms with Crippen molar-refractivity contribution in [2.24, 2.45) is 11.3 Å². The van der Waals surface area contributed by atoms with Gasteiger partial charge >= 0.3 is 0 Å². The van der Waals surface area contributed by atoms with E-state index in [1.807, 2.05) is 27.7 Å². The highest BCUT2D eigenvalue weighted by molar-refractivity contribution is 5.98. The standard InChI is InChI=1S/C13H23NO3/c1-9-7-11(16)14(12(17)8-9)10(5-6-15)13(2,3)4/h9-10,15H,5-8H2,1-4H3. The quantitative estimate of drug-likeness (QED) is 0.763. The molecule has 2 amide bonds. The third-order valence-corrected chi connectivity index (χ3v) is 3.30. The van der Waals surface area contributed by atoms with Crippen LogP contribution in [0.3, 0.4) is 0 Å². The molecule has 98 valence electrons. The number of aliphatic hydroxyl groups is 1. The third kappa shape index (κ3) is 3.28. The van der Waals surface area contributed by atoms with Gasteiger partial charge in [0.05, 0.1) is 0 Å². The summed E-state index contributed by atoms with van der Waals surface area (Å²) >= 11 is 0. The largest absolute Gasteiger partial charge is 0.396 e. The highest BCUT2D eigenvalue weighted by Gasteiger charge is 2.40. The summed E-state index contributed by atoms with van der Waals surface area (Å²) in [5, 5.41) is 9.11. The zero-order valence-corrected chi connectivity index (χ0v) is 11.2. The van der Waals surface area contributed by atoms with Gasteiger partial charge in [0.1, 0.15) is 0 Å². The molecule has 1 atom stereocenters. The van der Waals surface area contributed by atoms with Crippen LogP contribution in [0.5, 0.6) is 0 Å². The number of rotatable bonds is 3. The van der Waals surface area contributed by atoms with Gasteiger partial charge in [0.15, 0.2) is 0 Å². The van der Waals surface area contributed by atoms with Gasteiger partial charge in [-0.15, -0.1) is 0 Å². The van der Waals surface area contributed by atoms with Crippen molar-refractivity contribution in [3.63, 3.8) is 0 Å². The van der Waals surface area contributed by atoms with Crippen molar-refractivity contribution in [2.45, 2.75) is 53.0 Å². The van der Waals surface area contributed by atoms with Gasteiger partial charge in [-0.1, -0.05) is 27.7 Å². The zero-order chi connectivity index (χ0) is 13.2. The number of piperidine rings is 1. The second-order valence-electron chi connectivity index (χ2n) is 6.07. The highest BCUT2D eigenvalue weighted by Crippen LogP contribution is 2.31. The molecular formula is C13H23NO3. The minimum Gasteiger partial charge on any atom is -0.396 e. The van der Waals surface area contributed by atoms with Crippen LogP contribution < -0.4 is 0 Å². The van der Waals surface area contributed by atoms with Gasteiger partial charge in [-0.25, -0.2) is 0 Å². The molecule has 1 unspecified atom stereocenters. The van der Waals surface area contributed by atoms with Crippen LogP contribution >= 0.6 is 0 Å². The summed E-state index contributed by atoms with van der Waals surface area (Å²) < 4.78 is 0. The van der Waals surface area contributed by atoms with E-state index in [2.05, 4.69) is 0 Å². The van der Waals surface area contributed by atoms with Gasteiger partial charge in [-0.05, 0) is 17.8 Å². The van der Waals surface area contributed by atoms with Crippen molar-refractivity contribution in [3.05, 3.63) is 0 Å². The highest BCUT2D eigenvalue weighted by atomic mass is 16.3. The molecule has 0 radical (unpaired) electrons. The van der Waals surface area contributed by atoms with Crippen LogP contribution in [0.4, 0.5) is 0 Å². The first-order valence-corrected chi connectivity index (χ1v) is 6.23. The molecule has 1 fully saturated rings. The molecule has 0 aromatic heterocycles. The molecule has 1 saturated heterocycles. The number of hydrogen-bond acceptors (Lipinski definition) is 3. The summed E-state index contributed by atoms with van der Waals surface area (Å²) in [7, 11) is 0. The number of amides is 2. The van der Waals surface area contributed by atoms with Crippen LogP contribution in [0.15, 0.2) is 0 Å². The first kappa shape index (κ1) is 14.2. The van der Waals surface area contributed by atoms with Crippen LogP contribution in [0.2, 0.25) is 0 Å². The van der Waals surface area contributed by atoms with E-state index in [1.165, 1.54) is 4.90 Å². The van der Waals surface area contributed by atoms with E-state index in [0.29, 0.717) is 19.3 Å². The molecule has 0 spiro atoms. The molecular weight excluding hydrogens is 218 g/mol. The minimum absolute atomic E-state index is 0.00541. The van der Waals surface area contributed by atoms with E-state index >= 15 is 0 Å². The summed E-state index contributed by atoms with van der Waals surface area (Å²) in [5.41, 5.74) is -0.200. The third-order valence-electron chi connectivity index (χ3n) is 3.30. The van der Waals surface area contributed by atoms with Gasteiger partial charge in [0.25, 0.3) is 0 Å². The Morgan fingerprint density at radius 2 is 1.76 bits per heavy atom. The van der Waals surface area contributed by atoms with Crippen molar-refractivity contribution in [1.82, 2.24) is 4.90 Å². The van der Waals surface area contributed by atoms with E-state index in [4.69, 9.17) is 5.11 Å². The van der Waals surface area contributed by atoms with Gasteiger partial charge in [-0.2, -0.15) is 0 Å². The van der Waals surface area contributed by atoms with E-state index in [9.17, 15) is 9.59 Å². The van der Waals surface area contributed by atoms with Crippen LogP contribution in [0.25, 0.3) is 0 Å². The Morgan fingerprint density at radius 1 is 1.29 bits per heavy atom. The van der Waals surface area contributed by atoms with Crippen molar-refractivity contribution < 1.29 is 14.7 Å². The second kappa shape index (κ2) is 5.17. The average molecular weight is 241 g/mol. The number of imide groups is 1. The Bertz CT molecular complexity index is 288. The van der Waals surface area contributed by atoms with Gasteiger partial charge in [0, 0.05) is 25.5 Å². The smallest absolute Gasteiger partial charge is 0.229 e. The summed E-state index contributed by atoms with van der Waals surface area (Å²) in [6, 6.07) is -0.208. The summed E-state index contributed by atoms with van der Waals surface area (Å²) in [6.07, 6.45) is 1.32. The molecule has 1 N–H and O–H groups in total. The molecule has 1 aliphatic heterocycles. The molecule has 4 nitrogen and oxygen atoms in total. The Labute approximate surface area is 103 Å². The predicted octanol–water partition coefficient (Wildman–Crippen LogP) is 1.57. The Hall–Kier alpha value is -0.900. The van der Waals surface area contributed by atoms with Crippen LogP contribution in [-0.2, 0) is 9.59 Å². The van der Waals surface area contributed by atoms with E-state index in [0.717, 1.165) is 0 Å². The summed E-state index contributed by atoms with van der Waals surface area (Å²) in [4.78, 5) is 25.4. The number of carbonyl (C=O) groups is 2. The van der Waals surface area contributed by atoms with Crippen molar-refractivity contribution >= 4 is 11.8 Å². The average Bonchev–Trinajstić information content (AvgIpc) is 2.13. The Balaban J connectivity index is 2.93. The van der Waals surface area contributed by atoms with E-state index in [1.54, 1.807) is 0 Å². The molecule has 1 rings (SSSR count). The predicted molar refractivity (Wildman–Crippen MR) is 65.2 cm³/mol. The molecule has 4 heteroatoms. The van der Waals surface area contributed by atoms with E-state index in [-0.39, 0.29) is 35.8 Å². The minimum atomic E-state index is -0.208. The van der Waals surface area contributed by atoms with Crippen LogP contribution in [0, 0.1) is 11.3 Å². The van der Waals surface area contributed by atoms with Crippen LogP contribution in [0.1, 0.15) is 47.0 Å². The first-order chi connectivity index (χ1) is 7.77. The monoisotopic (exact) mass is 241 g/mol. The molecule has 0 saturated carbocycles. The zero-order valence-electron chi connectivity index (χ0n) is 11.2. The fourth-order valence-corrected chi connectivity index (χ4v) is 2.42. The maximum absolute atomic E-state index is 12.0. The lowest BCUT2D eigenvalue weighted by Gasteiger charge is -2.41. The maximum Gasteiger partial charge on any atom is 0.229 e. The molecule has 0 aliphatic carbocycles.